The monoisotopic (exact) mass is 208 g/mol. The highest BCUT2D eigenvalue weighted by molar-refractivity contribution is 7.03. The summed E-state index contributed by atoms with van der Waals surface area (Å²) >= 11 is 1.11. The number of hydrogen-bond donors (Lipinski definition) is 0. The van der Waals surface area contributed by atoms with E-state index in [-0.39, 0.29) is 11.6 Å². The Bertz CT molecular complexity index is 438. The maximum absolute atomic E-state index is 12.6. The first-order valence-corrected chi connectivity index (χ1v) is 4.68. The summed E-state index contributed by atoms with van der Waals surface area (Å²) in [6, 6.07) is 5.34. The fourth-order valence-corrected chi connectivity index (χ4v) is 1.45. The summed E-state index contributed by atoms with van der Waals surface area (Å²) < 4.78 is 16.1. The van der Waals surface area contributed by atoms with Crippen molar-refractivity contribution in [3.05, 3.63) is 46.7 Å². The molecule has 0 atom stereocenters. The molecule has 1 aromatic heterocycles. The van der Waals surface area contributed by atoms with E-state index in [0.717, 1.165) is 11.5 Å². The van der Waals surface area contributed by atoms with Crippen LogP contribution in [0.5, 0.6) is 0 Å². The summed E-state index contributed by atoms with van der Waals surface area (Å²) in [6.07, 6.45) is 0. The molecule has 0 fully saturated rings. The van der Waals surface area contributed by atoms with Crippen molar-refractivity contribution in [1.82, 2.24) is 9.59 Å². The zero-order valence-corrected chi connectivity index (χ0v) is 7.79. The second-order valence-electron chi connectivity index (χ2n) is 2.63. The van der Waals surface area contributed by atoms with Crippen LogP contribution in [0.25, 0.3) is 0 Å². The van der Waals surface area contributed by atoms with Crippen LogP contribution in [0, 0.1) is 5.82 Å². The largest absolute Gasteiger partial charge is 0.287 e. The zero-order chi connectivity index (χ0) is 9.97. The molecule has 2 rings (SSSR count). The smallest absolute Gasteiger partial charge is 0.214 e. The maximum Gasteiger partial charge on any atom is 0.214 e. The van der Waals surface area contributed by atoms with Gasteiger partial charge in [-0.2, -0.15) is 0 Å². The second-order valence-corrected chi connectivity index (χ2v) is 3.24. The van der Waals surface area contributed by atoms with Crippen LogP contribution in [0.2, 0.25) is 0 Å². The fourth-order valence-electron chi connectivity index (χ4n) is 1.01. The number of ketones is 1. The average Bonchev–Trinajstić information content (AvgIpc) is 2.71. The minimum Gasteiger partial charge on any atom is -0.287 e. The lowest BCUT2D eigenvalue weighted by Gasteiger charge is -1.95. The molecular formula is C9H5FN2OS. The van der Waals surface area contributed by atoms with Gasteiger partial charge in [-0.15, -0.1) is 5.10 Å². The van der Waals surface area contributed by atoms with Crippen molar-refractivity contribution < 1.29 is 9.18 Å². The molecule has 0 amide bonds. The van der Waals surface area contributed by atoms with Gasteiger partial charge in [-0.1, -0.05) is 4.49 Å². The van der Waals surface area contributed by atoms with Crippen molar-refractivity contribution in [2.75, 3.05) is 0 Å². The third-order valence-corrected chi connectivity index (χ3v) is 2.20. The second kappa shape index (κ2) is 3.63. The van der Waals surface area contributed by atoms with Gasteiger partial charge in [0, 0.05) is 10.9 Å². The topological polar surface area (TPSA) is 42.9 Å². The Labute approximate surface area is 83.4 Å². The number of carbonyl (C=O) groups is 1. The SMILES string of the molecule is O=C(c1ccc(F)cc1)c1csnn1. The molecule has 0 unspecified atom stereocenters. The van der Waals surface area contributed by atoms with Crippen LogP contribution in [-0.4, -0.2) is 15.4 Å². The van der Waals surface area contributed by atoms with Crippen molar-refractivity contribution in [2.24, 2.45) is 0 Å². The van der Waals surface area contributed by atoms with Crippen LogP contribution >= 0.6 is 11.5 Å². The van der Waals surface area contributed by atoms with Gasteiger partial charge in [-0.3, -0.25) is 4.79 Å². The lowest BCUT2D eigenvalue weighted by atomic mass is 10.1. The van der Waals surface area contributed by atoms with Gasteiger partial charge >= 0.3 is 0 Å². The summed E-state index contributed by atoms with van der Waals surface area (Å²) in [6.45, 7) is 0. The van der Waals surface area contributed by atoms with Crippen molar-refractivity contribution in [1.29, 1.82) is 0 Å². The van der Waals surface area contributed by atoms with E-state index < -0.39 is 0 Å². The normalized spacial score (nSPS) is 10.1. The highest BCUT2D eigenvalue weighted by Crippen LogP contribution is 2.09. The van der Waals surface area contributed by atoms with Crippen molar-refractivity contribution >= 4 is 17.3 Å². The van der Waals surface area contributed by atoms with Crippen LogP contribution in [0.3, 0.4) is 0 Å². The highest BCUT2D eigenvalue weighted by Gasteiger charge is 2.11. The van der Waals surface area contributed by atoms with Crippen molar-refractivity contribution in [2.45, 2.75) is 0 Å². The predicted molar refractivity (Wildman–Crippen MR) is 49.7 cm³/mol. The molecule has 0 aliphatic heterocycles. The van der Waals surface area contributed by atoms with E-state index in [1.165, 1.54) is 24.3 Å². The molecule has 0 bridgehead atoms. The molecule has 1 aromatic carbocycles. The number of hydrogen-bond acceptors (Lipinski definition) is 4. The van der Waals surface area contributed by atoms with Crippen LogP contribution in [0.4, 0.5) is 4.39 Å². The Morgan fingerprint density at radius 2 is 2.00 bits per heavy atom. The summed E-state index contributed by atoms with van der Waals surface area (Å²) in [4.78, 5) is 11.6. The molecule has 5 heteroatoms. The molecule has 70 valence electrons. The van der Waals surface area contributed by atoms with Crippen molar-refractivity contribution in [3.8, 4) is 0 Å². The summed E-state index contributed by atoms with van der Waals surface area (Å²) in [5.41, 5.74) is 0.709. The minimum absolute atomic E-state index is 0.237. The molecule has 0 N–H and O–H groups in total. The highest BCUT2D eigenvalue weighted by atomic mass is 32.1. The number of rotatable bonds is 2. The quantitative estimate of drug-likeness (QED) is 0.708. The molecule has 0 spiro atoms. The van der Waals surface area contributed by atoms with E-state index in [9.17, 15) is 9.18 Å². The third kappa shape index (κ3) is 1.67. The van der Waals surface area contributed by atoms with E-state index in [2.05, 4.69) is 9.59 Å². The summed E-state index contributed by atoms with van der Waals surface area (Å²) in [7, 11) is 0. The van der Waals surface area contributed by atoms with E-state index >= 15 is 0 Å². The van der Waals surface area contributed by atoms with Gasteiger partial charge in [0.15, 0.2) is 0 Å². The lowest BCUT2D eigenvalue weighted by molar-refractivity contribution is 0.103. The first-order chi connectivity index (χ1) is 6.77. The first kappa shape index (κ1) is 8.96. The molecule has 0 aliphatic rings. The van der Waals surface area contributed by atoms with Gasteiger partial charge in [0.25, 0.3) is 0 Å². The zero-order valence-electron chi connectivity index (χ0n) is 6.98. The number of aromatic nitrogens is 2. The number of carbonyl (C=O) groups excluding carboxylic acids is 1. The Balaban J connectivity index is 2.33. The van der Waals surface area contributed by atoms with Gasteiger partial charge in [-0.05, 0) is 35.8 Å². The lowest BCUT2D eigenvalue weighted by Crippen LogP contribution is -2.01. The Kier molecular flexibility index (Phi) is 2.32. The average molecular weight is 208 g/mol. The van der Waals surface area contributed by atoms with E-state index in [4.69, 9.17) is 0 Å². The molecule has 0 saturated carbocycles. The Morgan fingerprint density at radius 3 is 2.57 bits per heavy atom. The van der Waals surface area contributed by atoms with Gasteiger partial charge in [0.05, 0.1) is 0 Å². The Hall–Kier alpha value is -1.62. The van der Waals surface area contributed by atoms with Crippen LogP contribution in [-0.2, 0) is 0 Å². The van der Waals surface area contributed by atoms with Gasteiger partial charge < -0.3 is 0 Å². The summed E-state index contributed by atoms with van der Waals surface area (Å²) in [5.74, 6) is -0.600. The molecular weight excluding hydrogens is 203 g/mol. The number of benzene rings is 1. The molecule has 0 radical (unpaired) electrons. The summed E-state index contributed by atoms with van der Waals surface area (Å²) in [5, 5.41) is 5.20. The molecule has 2 aromatic rings. The van der Waals surface area contributed by atoms with Crippen molar-refractivity contribution in [3.63, 3.8) is 0 Å². The molecule has 3 nitrogen and oxygen atoms in total. The predicted octanol–water partition coefficient (Wildman–Crippen LogP) is 1.91. The molecule has 0 aliphatic carbocycles. The maximum atomic E-state index is 12.6. The third-order valence-electron chi connectivity index (χ3n) is 1.70. The molecule has 14 heavy (non-hydrogen) atoms. The fraction of sp³-hybridized carbons (Fsp3) is 0. The molecule has 0 saturated heterocycles. The number of nitrogens with zero attached hydrogens (tertiary/aromatic N) is 2. The van der Waals surface area contributed by atoms with Gasteiger partial charge in [0.2, 0.25) is 5.78 Å². The van der Waals surface area contributed by atoms with Crippen LogP contribution < -0.4 is 0 Å². The molecule has 1 heterocycles. The van der Waals surface area contributed by atoms with E-state index in [1.54, 1.807) is 5.38 Å². The van der Waals surface area contributed by atoms with Crippen LogP contribution in [0.1, 0.15) is 16.1 Å². The standard InChI is InChI=1S/C9H5FN2OS/c10-7-3-1-6(2-4-7)9(13)8-5-14-12-11-8/h1-5H. The van der Waals surface area contributed by atoms with E-state index in [0.29, 0.717) is 11.3 Å². The van der Waals surface area contributed by atoms with Crippen LogP contribution in [0.15, 0.2) is 29.6 Å². The van der Waals surface area contributed by atoms with E-state index in [1.807, 2.05) is 0 Å². The first-order valence-electron chi connectivity index (χ1n) is 3.85. The Morgan fingerprint density at radius 1 is 1.29 bits per heavy atom. The number of halogens is 1. The van der Waals surface area contributed by atoms with Gasteiger partial charge in [0.1, 0.15) is 11.5 Å². The minimum atomic E-state index is -0.363. The van der Waals surface area contributed by atoms with Gasteiger partial charge in [-0.25, -0.2) is 4.39 Å².